The maximum atomic E-state index is 12.0. The Hall–Kier alpha value is -2.24. The summed E-state index contributed by atoms with van der Waals surface area (Å²) in [6.45, 7) is 1.85. The molecule has 1 aromatic rings. The third kappa shape index (κ3) is 3.87. The van der Waals surface area contributed by atoms with Gasteiger partial charge in [-0.15, -0.1) is 0 Å². The van der Waals surface area contributed by atoms with E-state index in [1.54, 1.807) is 6.07 Å². The van der Waals surface area contributed by atoms with E-state index >= 15 is 0 Å². The molecule has 1 aromatic carbocycles. The van der Waals surface area contributed by atoms with Gasteiger partial charge in [0.05, 0.1) is 12.7 Å². The molecule has 0 aromatic heterocycles. The number of carboxylic acid groups (broad SMARTS) is 1. The molecule has 0 spiro atoms. The van der Waals surface area contributed by atoms with E-state index < -0.39 is 17.9 Å². The molecule has 6 heteroatoms. The molecule has 0 bridgehead atoms. The van der Waals surface area contributed by atoms with Gasteiger partial charge in [0, 0.05) is 11.8 Å². The molecule has 0 radical (unpaired) electrons. The molecule has 104 valence electrons. The van der Waals surface area contributed by atoms with Crippen molar-refractivity contribution >= 4 is 17.6 Å². The molecule has 0 aliphatic heterocycles. The number of carbonyl (C=O) groups is 2. The fraction of sp³-hybridized carbons (Fsp3) is 0.385. The Balaban J connectivity index is 2.85. The Morgan fingerprint density at radius 1 is 1.47 bits per heavy atom. The van der Waals surface area contributed by atoms with E-state index in [4.69, 9.17) is 15.6 Å². The summed E-state index contributed by atoms with van der Waals surface area (Å²) in [6, 6.07) is 3.72. The van der Waals surface area contributed by atoms with Gasteiger partial charge in [0.15, 0.2) is 0 Å². The number of methoxy groups -OCH3 is 1. The SMILES string of the molecule is CCC[C@H](NC(=O)c1ccc(OC)cc1N)C(=O)O. The average molecular weight is 266 g/mol. The topological polar surface area (TPSA) is 102 Å². The minimum Gasteiger partial charge on any atom is -0.497 e. The number of ether oxygens (including phenoxy) is 1. The number of nitrogen functional groups attached to an aromatic ring is 1. The van der Waals surface area contributed by atoms with Gasteiger partial charge in [-0.1, -0.05) is 13.3 Å². The number of hydrogen-bond acceptors (Lipinski definition) is 4. The lowest BCUT2D eigenvalue weighted by atomic mass is 10.1. The maximum Gasteiger partial charge on any atom is 0.326 e. The number of anilines is 1. The van der Waals surface area contributed by atoms with E-state index in [0.717, 1.165) is 0 Å². The summed E-state index contributed by atoms with van der Waals surface area (Å²) in [6.07, 6.45) is 1.03. The molecule has 1 atom stereocenters. The monoisotopic (exact) mass is 266 g/mol. The minimum absolute atomic E-state index is 0.239. The van der Waals surface area contributed by atoms with Gasteiger partial charge in [-0.3, -0.25) is 4.79 Å². The van der Waals surface area contributed by atoms with Gasteiger partial charge in [-0.25, -0.2) is 4.79 Å². The van der Waals surface area contributed by atoms with Crippen molar-refractivity contribution in [2.24, 2.45) is 0 Å². The van der Waals surface area contributed by atoms with Crippen LogP contribution < -0.4 is 15.8 Å². The van der Waals surface area contributed by atoms with Crippen LogP contribution in [0.2, 0.25) is 0 Å². The Morgan fingerprint density at radius 2 is 2.16 bits per heavy atom. The third-order valence-electron chi connectivity index (χ3n) is 2.68. The van der Waals surface area contributed by atoms with Crippen molar-refractivity contribution in [3.05, 3.63) is 23.8 Å². The Kier molecular flexibility index (Phi) is 5.17. The molecule has 1 amide bonds. The summed E-state index contributed by atoms with van der Waals surface area (Å²) in [5.41, 5.74) is 6.22. The number of benzene rings is 1. The molecule has 0 heterocycles. The normalized spacial score (nSPS) is 11.7. The standard InChI is InChI=1S/C13H18N2O4/c1-3-4-11(13(17)18)15-12(16)9-6-5-8(19-2)7-10(9)14/h5-7,11H,3-4,14H2,1-2H3,(H,15,16)(H,17,18)/t11-/m0/s1. The van der Waals surface area contributed by atoms with Crippen molar-refractivity contribution in [1.29, 1.82) is 0 Å². The van der Waals surface area contributed by atoms with Crippen molar-refractivity contribution in [3.8, 4) is 5.75 Å². The molecule has 19 heavy (non-hydrogen) atoms. The Labute approximate surface area is 111 Å². The zero-order chi connectivity index (χ0) is 14.4. The van der Waals surface area contributed by atoms with Gasteiger partial charge in [-0.05, 0) is 18.6 Å². The van der Waals surface area contributed by atoms with Crippen LogP contribution in [-0.4, -0.2) is 30.1 Å². The van der Waals surface area contributed by atoms with Crippen molar-refractivity contribution in [3.63, 3.8) is 0 Å². The van der Waals surface area contributed by atoms with Gasteiger partial charge in [0.2, 0.25) is 0 Å². The van der Waals surface area contributed by atoms with Crippen molar-refractivity contribution in [2.75, 3.05) is 12.8 Å². The predicted molar refractivity (Wildman–Crippen MR) is 71.2 cm³/mol. The van der Waals surface area contributed by atoms with Crippen LogP contribution in [0.15, 0.2) is 18.2 Å². The summed E-state index contributed by atoms with van der Waals surface area (Å²) in [4.78, 5) is 22.9. The van der Waals surface area contributed by atoms with Crippen LogP contribution in [0.5, 0.6) is 5.75 Å². The molecule has 1 rings (SSSR count). The highest BCUT2D eigenvalue weighted by Gasteiger charge is 2.20. The lowest BCUT2D eigenvalue weighted by molar-refractivity contribution is -0.139. The number of nitrogens with two attached hydrogens (primary N) is 1. The minimum atomic E-state index is -1.05. The molecule has 0 saturated carbocycles. The molecule has 0 unspecified atom stereocenters. The first-order chi connectivity index (χ1) is 8.99. The van der Waals surface area contributed by atoms with E-state index in [9.17, 15) is 9.59 Å². The van der Waals surface area contributed by atoms with Crippen molar-refractivity contribution in [1.82, 2.24) is 5.32 Å². The fourth-order valence-electron chi connectivity index (χ4n) is 1.66. The maximum absolute atomic E-state index is 12.0. The highest BCUT2D eigenvalue weighted by molar-refractivity contribution is 6.01. The first-order valence-electron chi connectivity index (χ1n) is 5.96. The number of carboxylic acids is 1. The molecule has 0 aliphatic rings. The first kappa shape index (κ1) is 14.8. The summed E-state index contributed by atoms with van der Waals surface area (Å²) in [7, 11) is 1.50. The molecular formula is C13H18N2O4. The average Bonchev–Trinajstić information content (AvgIpc) is 2.37. The van der Waals surface area contributed by atoms with Crippen molar-refractivity contribution < 1.29 is 19.4 Å². The van der Waals surface area contributed by atoms with Gasteiger partial charge in [-0.2, -0.15) is 0 Å². The van der Waals surface area contributed by atoms with Gasteiger partial charge in [0.1, 0.15) is 11.8 Å². The highest BCUT2D eigenvalue weighted by Crippen LogP contribution is 2.19. The molecule has 4 N–H and O–H groups in total. The van der Waals surface area contributed by atoms with Gasteiger partial charge in [0.25, 0.3) is 5.91 Å². The summed E-state index contributed by atoms with van der Waals surface area (Å²) < 4.78 is 4.98. The quantitative estimate of drug-likeness (QED) is 0.673. The number of amides is 1. The second-order valence-electron chi connectivity index (χ2n) is 4.11. The highest BCUT2D eigenvalue weighted by atomic mass is 16.5. The summed E-state index contributed by atoms with van der Waals surface area (Å²) in [5, 5.41) is 11.4. The lowest BCUT2D eigenvalue weighted by Crippen LogP contribution is -2.40. The van der Waals surface area contributed by atoms with E-state index in [1.807, 2.05) is 6.92 Å². The van der Waals surface area contributed by atoms with Crippen LogP contribution in [0.1, 0.15) is 30.1 Å². The van der Waals surface area contributed by atoms with Gasteiger partial charge < -0.3 is 20.9 Å². The molecule has 6 nitrogen and oxygen atoms in total. The van der Waals surface area contributed by atoms with Crippen LogP contribution in [0.25, 0.3) is 0 Å². The second-order valence-corrected chi connectivity index (χ2v) is 4.11. The number of carbonyl (C=O) groups excluding carboxylic acids is 1. The number of aliphatic carboxylic acids is 1. The third-order valence-corrected chi connectivity index (χ3v) is 2.68. The first-order valence-corrected chi connectivity index (χ1v) is 5.96. The lowest BCUT2D eigenvalue weighted by Gasteiger charge is -2.14. The van der Waals surface area contributed by atoms with Crippen LogP contribution in [0, 0.1) is 0 Å². The van der Waals surface area contributed by atoms with Crippen LogP contribution in [-0.2, 0) is 4.79 Å². The fourth-order valence-corrected chi connectivity index (χ4v) is 1.66. The zero-order valence-corrected chi connectivity index (χ0v) is 11.0. The van der Waals surface area contributed by atoms with Crippen molar-refractivity contribution in [2.45, 2.75) is 25.8 Å². The van der Waals surface area contributed by atoms with E-state index in [-0.39, 0.29) is 11.3 Å². The van der Waals surface area contributed by atoms with Crippen LogP contribution in [0.4, 0.5) is 5.69 Å². The summed E-state index contributed by atoms with van der Waals surface area (Å²) >= 11 is 0. The zero-order valence-electron chi connectivity index (χ0n) is 11.0. The molecule has 0 fully saturated rings. The number of hydrogen-bond donors (Lipinski definition) is 3. The molecular weight excluding hydrogens is 248 g/mol. The Bertz CT molecular complexity index is 474. The van der Waals surface area contributed by atoms with E-state index in [1.165, 1.54) is 19.2 Å². The Morgan fingerprint density at radius 3 is 2.63 bits per heavy atom. The smallest absolute Gasteiger partial charge is 0.326 e. The van der Waals surface area contributed by atoms with Gasteiger partial charge >= 0.3 is 5.97 Å². The predicted octanol–water partition coefficient (Wildman–Crippen LogP) is 1.26. The molecule has 0 saturated heterocycles. The number of nitrogens with one attached hydrogen (secondary N) is 1. The van der Waals surface area contributed by atoms with E-state index in [2.05, 4.69) is 5.32 Å². The molecule has 0 aliphatic carbocycles. The number of rotatable bonds is 6. The summed E-state index contributed by atoms with van der Waals surface area (Å²) in [5.74, 6) is -1.01. The largest absolute Gasteiger partial charge is 0.497 e. The van der Waals surface area contributed by atoms with E-state index in [0.29, 0.717) is 18.6 Å². The second kappa shape index (κ2) is 6.63. The van der Waals surface area contributed by atoms with Crippen LogP contribution in [0.3, 0.4) is 0 Å². The van der Waals surface area contributed by atoms with Crippen LogP contribution >= 0.6 is 0 Å².